The van der Waals surface area contributed by atoms with Crippen molar-refractivity contribution in [1.82, 2.24) is 10.3 Å². The maximum Gasteiger partial charge on any atom is 0.406 e. The highest BCUT2D eigenvalue weighted by Crippen LogP contribution is 2.21. The summed E-state index contributed by atoms with van der Waals surface area (Å²) in [6, 6.07) is 2.00. The van der Waals surface area contributed by atoms with Crippen molar-refractivity contribution in [2.75, 3.05) is 13.7 Å². The van der Waals surface area contributed by atoms with E-state index in [9.17, 15) is 4.79 Å². The minimum Gasteiger partial charge on any atom is -0.453 e. The molecule has 1 heterocycles. The number of carbonyl (C=O) groups excluding carboxylic acids is 1. The molecule has 14 heavy (non-hydrogen) atoms. The van der Waals surface area contributed by atoms with E-state index in [2.05, 4.69) is 28.9 Å². The van der Waals surface area contributed by atoms with E-state index in [1.54, 1.807) is 0 Å². The van der Waals surface area contributed by atoms with E-state index in [1.165, 1.54) is 7.11 Å². The van der Waals surface area contributed by atoms with Gasteiger partial charge in [-0.3, -0.25) is 0 Å². The molecule has 0 unspecified atom stereocenters. The molecule has 78 valence electrons. The van der Waals surface area contributed by atoms with E-state index in [-0.39, 0.29) is 5.41 Å². The largest absolute Gasteiger partial charge is 0.453 e. The number of aromatic amines is 1. The second-order valence-electron chi connectivity index (χ2n) is 3.83. The molecule has 0 saturated carbocycles. The molecule has 1 aromatic rings. The molecule has 0 aliphatic rings. The monoisotopic (exact) mass is 196 g/mol. The van der Waals surface area contributed by atoms with Crippen molar-refractivity contribution >= 4 is 6.09 Å². The maximum absolute atomic E-state index is 10.9. The highest BCUT2D eigenvalue weighted by Gasteiger charge is 2.21. The van der Waals surface area contributed by atoms with Crippen molar-refractivity contribution in [2.24, 2.45) is 0 Å². The molecule has 0 aliphatic heterocycles. The lowest BCUT2D eigenvalue weighted by molar-refractivity contribution is 0.168. The zero-order valence-electron chi connectivity index (χ0n) is 8.76. The van der Waals surface area contributed by atoms with Crippen LogP contribution in [0.4, 0.5) is 4.79 Å². The molecule has 0 aromatic carbocycles. The van der Waals surface area contributed by atoms with Crippen molar-refractivity contribution in [3.8, 4) is 0 Å². The van der Waals surface area contributed by atoms with Gasteiger partial charge in [0, 0.05) is 24.4 Å². The van der Waals surface area contributed by atoms with Crippen molar-refractivity contribution in [3.05, 3.63) is 24.0 Å². The van der Waals surface area contributed by atoms with Crippen LogP contribution in [0, 0.1) is 0 Å². The minimum absolute atomic E-state index is 0.0891. The summed E-state index contributed by atoms with van der Waals surface area (Å²) in [7, 11) is 1.36. The fourth-order valence-electron chi connectivity index (χ4n) is 1.21. The third-order valence-electron chi connectivity index (χ3n) is 2.24. The summed E-state index contributed by atoms with van der Waals surface area (Å²) in [5.41, 5.74) is 1.07. The molecule has 0 bridgehead atoms. The molecule has 4 heteroatoms. The predicted octanol–water partition coefficient (Wildman–Crippen LogP) is 1.65. The Morgan fingerprint density at radius 3 is 2.86 bits per heavy atom. The van der Waals surface area contributed by atoms with Gasteiger partial charge in [-0.15, -0.1) is 0 Å². The number of aromatic nitrogens is 1. The number of hydrogen-bond acceptors (Lipinski definition) is 2. The van der Waals surface area contributed by atoms with Crippen LogP contribution in [-0.4, -0.2) is 24.7 Å². The molecule has 0 atom stereocenters. The smallest absolute Gasteiger partial charge is 0.406 e. The Bertz CT molecular complexity index is 291. The van der Waals surface area contributed by atoms with Gasteiger partial charge in [-0.25, -0.2) is 4.79 Å². The second-order valence-corrected chi connectivity index (χ2v) is 3.83. The molecule has 0 saturated heterocycles. The summed E-state index contributed by atoms with van der Waals surface area (Å²) in [6.07, 6.45) is 3.40. The zero-order valence-corrected chi connectivity index (χ0v) is 8.76. The fourth-order valence-corrected chi connectivity index (χ4v) is 1.21. The van der Waals surface area contributed by atoms with Crippen molar-refractivity contribution in [3.63, 3.8) is 0 Å². The molecule has 2 N–H and O–H groups in total. The van der Waals surface area contributed by atoms with Crippen LogP contribution in [-0.2, 0) is 10.2 Å². The molecule has 0 spiro atoms. The Morgan fingerprint density at radius 1 is 1.64 bits per heavy atom. The molecular formula is C10H16N2O2. The molecule has 0 fully saturated rings. The van der Waals surface area contributed by atoms with Crippen LogP contribution in [0.2, 0.25) is 0 Å². The zero-order chi connectivity index (χ0) is 10.6. The van der Waals surface area contributed by atoms with Crippen LogP contribution in [0.1, 0.15) is 19.4 Å². The molecule has 0 aliphatic carbocycles. The Labute approximate surface area is 83.7 Å². The Hall–Kier alpha value is -1.45. The summed E-state index contributed by atoms with van der Waals surface area (Å²) >= 11 is 0. The molecule has 0 radical (unpaired) electrons. The molecule has 1 amide bonds. The first-order chi connectivity index (χ1) is 6.56. The van der Waals surface area contributed by atoms with E-state index >= 15 is 0 Å². The first-order valence-electron chi connectivity index (χ1n) is 4.51. The van der Waals surface area contributed by atoms with E-state index in [4.69, 9.17) is 0 Å². The van der Waals surface area contributed by atoms with Crippen LogP contribution in [0.3, 0.4) is 0 Å². The van der Waals surface area contributed by atoms with Crippen LogP contribution in [0.25, 0.3) is 0 Å². The van der Waals surface area contributed by atoms with Gasteiger partial charge >= 0.3 is 6.09 Å². The lowest BCUT2D eigenvalue weighted by Crippen LogP contribution is -2.36. The maximum atomic E-state index is 10.9. The van der Waals surface area contributed by atoms with Gasteiger partial charge in [0.25, 0.3) is 0 Å². The number of methoxy groups -OCH3 is 1. The number of ether oxygens (including phenoxy) is 1. The normalized spacial score (nSPS) is 11.1. The average molecular weight is 196 g/mol. The summed E-state index contributed by atoms with van der Waals surface area (Å²) in [5.74, 6) is 0. The van der Waals surface area contributed by atoms with Crippen LogP contribution in [0.5, 0.6) is 0 Å². The van der Waals surface area contributed by atoms with E-state index < -0.39 is 6.09 Å². The number of amides is 1. The predicted molar refractivity (Wildman–Crippen MR) is 54.2 cm³/mol. The number of alkyl carbamates (subject to hydrolysis) is 1. The minimum atomic E-state index is -0.395. The van der Waals surface area contributed by atoms with Crippen LogP contribution in [0.15, 0.2) is 18.5 Å². The number of nitrogens with one attached hydrogen (secondary N) is 2. The highest BCUT2D eigenvalue weighted by atomic mass is 16.5. The Morgan fingerprint density at radius 2 is 2.36 bits per heavy atom. The highest BCUT2D eigenvalue weighted by molar-refractivity contribution is 5.67. The third-order valence-corrected chi connectivity index (χ3v) is 2.24. The van der Waals surface area contributed by atoms with Gasteiger partial charge in [0.05, 0.1) is 7.11 Å². The van der Waals surface area contributed by atoms with Gasteiger partial charge in [0.1, 0.15) is 0 Å². The number of rotatable bonds is 3. The molecular weight excluding hydrogens is 180 g/mol. The number of hydrogen-bond donors (Lipinski definition) is 2. The molecule has 4 nitrogen and oxygen atoms in total. The van der Waals surface area contributed by atoms with E-state index in [1.807, 2.05) is 18.5 Å². The molecule has 1 aromatic heterocycles. The van der Waals surface area contributed by atoms with Crippen molar-refractivity contribution < 1.29 is 9.53 Å². The van der Waals surface area contributed by atoms with Crippen molar-refractivity contribution in [1.29, 1.82) is 0 Å². The van der Waals surface area contributed by atoms with Crippen LogP contribution < -0.4 is 5.32 Å². The third kappa shape index (κ3) is 2.52. The fraction of sp³-hybridized carbons (Fsp3) is 0.500. The Kier molecular flexibility index (Phi) is 3.17. The van der Waals surface area contributed by atoms with Crippen molar-refractivity contribution in [2.45, 2.75) is 19.3 Å². The van der Waals surface area contributed by atoms with Gasteiger partial charge in [0.15, 0.2) is 0 Å². The first kappa shape index (κ1) is 10.6. The number of H-pyrrole nitrogens is 1. The van der Waals surface area contributed by atoms with Gasteiger partial charge in [-0.1, -0.05) is 13.8 Å². The average Bonchev–Trinajstić information content (AvgIpc) is 2.67. The summed E-state index contributed by atoms with van der Waals surface area (Å²) in [5, 5.41) is 2.69. The van der Waals surface area contributed by atoms with Gasteiger partial charge in [-0.2, -0.15) is 0 Å². The Balaban J connectivity index is 2.54. The number of carbonyl (C=O) groups is 1. The summed E-state index contributed by atoms with van der Waals surface area (Å²) in [6.45, 7) is 4.68. The van der Waals surface area contributed by atoms with Gasteiger partial charge < -0.3 is 15.0 Å². The van der Waals surface area contributed by atoms with E-state index in [0.29, 0.717) is 6.54 Å². The lowest BCUT2D eigenvalue weighted by Gasteiger charge is -2.23. The van der Waals surface area contributed by atoms with Gasteiger partial charge in [0.2, 0.25) is 0 Å². The second kappa shape index (κ2) is 4.17. The first-order valence-corrected chi connectivity index (χ1v) is 4.51. The quantitative estimate of drug-likeness (QED) is 0.772. The summed E-state index contributed by atoms with van der Waals surface area (Å²) < 4.78 is 4.51. The summed E-state index contributed by atoms with van der Waals surface area (Å²) in [4.78, 5) is 13.9. The molecule has 1 rings (SSSR count). The standard InChI is InChI=1S/C10H16N2O2/c1-10(2,7-12-9(13)14-3)8-4-5-11-6-8/h4-6,11H,7H2,1-3H3,(H,12,13). The van der Waals surface area contributed by atoms with Gasteiger partial charge in [-0.05, 0) is 11.6 Å². The topological polar surface area (TPSA) is 54.1 Å². The van der Waals surface area contributed by atoms with Crippen LogP contribution >= 0.6 is 0 Å². The SMILES string of the molecule is COC(=O)NCC(C)(C)c1cc[nH]c1. The lowest BCUT2D eigenvalue weighted by atomic mass is 9.86. The van der Waals surface area contributed by atoms with E-state index in [0.717, 1.165) is 5.56 Å².